The molecule has 0 unspecified atom stereocenters. The molecule has 0 spiro atoms. The quantitative estimate of drug-likeness (QED) is 0.518. The number of carbonyl (C=O) groups is 1. The molecule has 0 aliphatic heterocycles. The zero-order valence-corrected chi connectivity index (χ0v) is 15.6. The fourth-order valence-electron chi connectivity index (χ4n) is 2.00. The van der Waals surface area contributed by atoms with Crippen LogP contribution in [0, 0.1) is 11.3 Å². The highest BCUT2D eigenvalue weighted by molar-refractivity contribution is 9.13. The summed E-state index contributed by atoms with van der Waals surface area (Å²) in [7, 11) is 1.43. The molecule has 2 aromatic carbocycles. The molecule has 0 aliphatic carbocycles. The summed E-state index contributed by atoms with van der Waals surface area (Å²) in [6.07, 6.45) is 1.62. The number of hydrogen-bond donors (Lipinski definition) is 2. The summed E-state index contributed by atoms with van der Waals surface area (Å²) in [4.78, 5) is 10.9. The third kappa shape index (κ3) is 3.61. The molecule has 5 nitrogen and oxygen atoms in total. The zero-order valence-electron chi connectivity index (χ0n) is 12.4. The van der Waals surface area contributed by atoms with Crippen molar-refractivity contribution in [1.29, 1.82) is 5.26 Å². The number of benzene rings is 2. The van der Waals surface area contributed by atoms with Gasteiger partial charge in [0.2, 0.25) is 0 Å². The minimum atomic E-state index is -1.03. The lowest BCUT2D eigenvalue weighted by Gasteiger charge is -2.10. The average Bonchev–Trinajstić information content (AvgIpc) is 2.59. The predicted octanol–water partition coefficient (Wildman–Crippen LogP) is 4.69. The molecule has 2 aromatic rings. The largest absolute Gasteiger partial charge is 0.503 e. The van der Waals surface area contributed by atoms with Crippen molar-refractivity contribution in [2.75, 3.05) is 7.11 Å². The maximum Gasteiger partial charge on any atom is 0.335 e. The van der Waals surface area contributed by atoms with Gasteiger partial charge in [-0.3, -0.25) is 0 Å². The first-order chi connectivity index (χ1) is 11.4. The van der Waals surface area contributed by atoms with E-state index in [9.17, 15) is 15.2 Å². The van der Waals surface area contributed by atoms with E-state index in [0.717, 1.165) is 0 Å². The van der Waals surface area contributed by atoms with Crippen LogP contribution in [0.15, 0.2) is 39.3 Å². The molecule has 0 radical (unpaired) electrons. The van der Waals surface area contributed by atoms with E-state index in [1.165, 1.54) is 19.2 Å². The Kier molecular flexibility index (Phi) is 5.65. The first-order valence-electron chi connectivity index (χ1n) is 6.59. The molecule has 0 fully saturated rings. The molecule has 7 heteroatoms. The maximum atomic E-state index is 10.9. The highest BCUT2D eigenvalue weighted by Crippen LogP contribution is 2.42. The number of phenols is 1. The van der Waals surface area contributed by atoms with Crippen molar-refractivity contribution in [1.82, 2.24) is 0 Å². The molecule has 0 aromatic heterocycles. The van der Waals surface area contributed by atoms with Crippen molar-refractivity contribution in [2.45, 2.75) is 0 Å². The van der Waals surface area contributed by atoms with E-state index in [-0.39, 0.29) is 17.1 Å². The van der Waals surface area contributed by atoms with Gasteiger partial charge in [0.25, 0.3) is 0 Å². The third-order valence-electron chi connectivity index (χ3n) is 3.26. The van der Waals surface area contributed by atoms with Gasteiger partial charge in [0, 0.05) is 4.47 Å². The second-order valence-corrected chi connectivity index (χ2v) is 6.28. The van der Waals surface area contributed by atoms with E-state index in [0.29, 0.717) is 25.6 Å². The van der Waals surface area contributed by atoms with Crippen molar-refractivity contribution in [2.24, 2.45) is 0 Å². The normalized spacial score (nSPS) is 11.0. The fourth-order valence-corrected chi connectivity index (χ4v) is 2.84. The van der Waals surface area contributed by atoms with E-state index in [2.05, 4.69) is 37.9 Å². The van der Waals surface area contributed by atoms with Crippen molar-refractivity contribution < 1.29 is 19.7 Å². The molecule has 0 saturated carbocycles. The molecule has 0 aliphatic rings. The molecular formula is C17H11Br2NO4. The van der Waals surface area contributed by atoms with Crippen LogP contribution in [0.2, 0.25) is 0 Å². The molecule has 24 heavy (non-hydrogen) atoms. The van der Waals surface area contributed by atoms with Crippen molar-refractivity contribution in [3.63, 3.8) is 0 Å². The Labute approximate surface area is 155 Å². The summed E-state index contributed by atoms with van der Waals surface area (Å²) in [5, 5.41) is 28.3. The van der Waals surface area contributed by atoms with E-state index in [1.54, 1.807) is 24.3 Å². The summed E-state index contributed by atoms with van der Waals surface area (Å²) >= 11 is 6.62. The minimum Gasteiger partial charge on any atom is -0.503 e. The van der Waals surface area contributed by atoms with Gasteiger partial charge in [-0.2, -0.15) is 5.26 Å². The van der Waals surface area contributed by atoms with Crippen molar-refractivity contribution in [3.05, 3.63) is 56.0 Å². The first-order valence-corrected chi connectivity index (χ1v) is 8.18. The summed E-state index contributed by atoms with van der Waals surface area (Å²) in [6, 6.07) is 9.69. The Morgan fingerprint density at radius 3 is 2.29 bits per heavy atom. The first kappa shape index (κ1) is 18.0. The van der Waals surface area contributed by atoms with E-state index < -0.39 is 5.97 Å². The van der Waals surface area contributed by atoms with Crippen LogP contribution in [0.25, 0.3) is 11.6 Å². The number of ether oxygens (including phenoxy) is 1. The molecule has 0 heterocycles. The number of halogens is 2. The number of allylic oxidation sites excluding steroid dienone is 1. The van der Waals surface area contributed by atoms with Crippen molar-refractivity contribution in [3.8, 4) is 17.6 Å². The lowest BCUT2D eigenvalue weighted by molar-refractivity contribution is 0.0697. The summed E-state index contributed by atoms with van der Waals surface area (Å²) in [5.41, 5.74) is 1.69. The van der Waals surface area contributed by atoms with E-state index >= 15 is 0 Å². The molecule has 0 amide bonds. The average molecular weight is 453 g/mol. The number of phenolic OH excluding ortho intramolecular Hbond substituents is 1. The van der Waals surface area contributed by atoms with E-state index in [1.807, 2.05) is 0 Å². The highest BCUT2D eigenvalue weighted by atomic mass is 79.9. The predicted molar refractivity (Wildman–Crippen MR) is 96.9 cm³/mol. The van der Waals surface area contributed by atoms with Crippen LogP contribution in [-0.2, 0) is 0 Å². The summed E-state index contributed by atoms with van der Waals surface area (Å²) in [5.74, 6) is -0.820. The third-order valence-corrected chi connectivity index (χ3v) is 5.42. The maximum absolute atomic E-state index is 10.9. The monoisotopic (exact) mass is 451 g/mol. The molecule has 0 saturated heterocycles. The van der Waals surface area contributed by atoms with Gasteiger partial charge in [0.1, 0.15) is 0 Å². The number of carboxylic acid groups (broad SMARTS) is 1. The number of aromatic hydroxyl groups is 1. The van der Waals surface area contributed by atoms with Gasteiger partial charge in [-0.25, -0.2) is 4.79 Å². The molecule has 122 valence electrons. The topological polar surface area (TPSA) is 90.5 Å². The number of aromatic carboxylic acids is 1. The van der Waals surface area contributed by atoms with Crippen LogP contribution in [-0.4, -0.2) is 23.3 Å². The number of nitrogens with zero attached hydrogens (tertiary/aromatic N) is 1. The molecule has 0 bridgehead atoms. The number of rotatable bonds is 4. The number of carboxylic acids is 1. The van der Waals surface area contributed by atoms with Crippen LogP contribution in [0.5, 0.6) is 11.5 Å². The van der Waals surface area contributed by atoms with Crippen LogP contribution in [0.1, 0.15) is 21.5 Å². The van der Waals surface area contributed by atoms with E-state index in [4.69, 9.17) is 9.84 Å². The van der Waals surface area contributed by atoms with Crippen LogP contribution < -0.4 is 4.74 Å². The summed E-state index contributed by atoms with van der Waals surface area (Å²) < 4.78 is 6.08. The Morgan fingerprint density at radius 2 is 1.79 bits per heavy atom. The lowest BCUT2D eigenvalue weighted by Crippen LogP contribution is -1.95. The van der Waals surface area contributed by atoms with Gasteiger partial charge in [0.15, 0.2) is 11.5 Å². The Balaban J connectivity index is 2.54. The Bertz CT molecular complexity index is 868. The molecule has 2 rings (SSSR count). The second kappa shape index (κ2) is 7.51. The van der Waals surface area contributed by atoms with Gasteiger partial charge in [-0.1, -0.05) is 12.1 Å². The lowest BCUT2D eigenvalue weighted by atomic mass is 10.0. The Hall–Kier alpha value is -2.30. The zero-order chi connectivity index (χ0) is 17.9. The van der Waals surface area contributed by atoms with Crippen LogP contribution >= 0.6 is 31.9 Å². The molecular weight excluding hydrogens is 442 g/mol. The number of methoxy groups -OCH3 is 1. The molecule has 2 N–H and O–H groups in total. The van der Waals surface area contributed by atoms with Gasteiger partial charge >= 0.3 is 5.97 Å². The standard InChI is InChI=1S/C17H11Br2NO4/c1-24-13-7-11(14(18)15(19)16(13)21)6-12(8-20)9-2-4-10(5-3-9)17(22)23/h2-7,21H,1H3,(H,22,23)/b12-6-. The van der Waals surface area contributed by atoms with Gasteiger partial charge < -0.3 is 14.9 Å². The van der Waals surface area contributed by atoms with Crippen LogP contribution in [0.4, 0.5) is 0 Å². The number of nitriles is 1. The summed E-state index contributed by atoms with van der Waals surface area (Å²) in [6.45, 7) is 0. The van der Waals surface area contributed by atoms with Gasteiger partial charge in [-0.05, 0) is 67.3 Å². The van der Waals surface area contributed by atoms with Gasteiger partial charge in [0.05, 0.1) is 28.8 Å². The fraction of sp³-hybridized carbons (Fsp3) is 0.0588. The SMILES string of the molecule is COc1cc(/C=C(/C#N)c2ccc(C(=O)O)cc2)c(Br)c(Br)c1O. The van der Waals surface area contributed by atoms with Crippen molar-refractivity contribution >= 4 is 49.5 Å². The minimum absolute atomic E-state index is 0.0501. The number of hydrogen-bond acceptors (Lipinski definition) is 4. The smallest absolute Gasteiger partial charge is 0.335 e. The second-order valence-electron chi connectivity index (χ2n) is 4.70. The van der Waals surface area contributed by atoms with Gasteiger partial charge in [-0.15, -0.1) is 0 Å². The highest BCUT2D eigenvalue weighted by Gasteiger charge is 2.15. The molecule has 0 atom stereocenters. The Morgan fingerprint density at radius 1 is 1.21 bits per heavy atom. The van der Waals surface area contributed by atoms with Crippen LogP contribution in [0.3, 0.4) is 0 Å².